The van der Waals surface area contributed by atoms with Crippen molar-refractivity contribution in [2.45, 2.75) is 0 Å². The van der Waals surface area contributed by atoms with Gasteiger partial charge in [-0.15, -0.1) is 0 Å². The van der Waals surface area contributed by atoms with Crippen LogP contribution in [0.5, 0.6) is 0 Å². The van der Waals surface area contributed by atoms with Crippen molar-refractivity contribution < 1.29 is 0 Å². The predicted molar refractivity (Wildman–Crippen MR) is 40.4 cm³/mol. The zero-order valence-corrected chi connectivity index (χ0v) is 6.39. The summed E-state index contributed by atoms with van der Waals surface area (Å²) in [4.78, 5) is 0. The van der Waals surface area contributed by atoms with Crippen LogP contribution in [0, 0.1) is 0 Å². The van der Waals surface area contributed by atoms with E-state index in [-0.39, 0.29) is 18.9 Å². The Morgan fingerprint density at radius 3 is 1.75 bits per heavy atom. The van der Waals surface area contributed by atoms with Crippen molar-refractivity contribution in [2.75, 3.05) is 0 Å². The first kappa shape index (κ1) is 8.61. The normalized spacial score (nSPS) is 7.62. The second-order valence-corrected chi connectivity index (χ2v) is 2.81. The molecule has 0 fully saturated rings. The van der Waals surface area contributed by atoms with E-state index in [1.54, 1.807) is 22.3 Å². The first-order chi connectivity index (χ1) is 3.39. The summed E-state index contributed by atoms with van der Waals surface area (Å²) in [7, 11) is 0. The Bertz CT molecular complexity index is 138. The Hall–Kier alpha value is 0.607. The van der Waals surface area contributed by atoms with Gasteiger partial charge in [-0.3, -0.25) is 0 Å². The fourth-order valence-electron chi connectivity index (χ4n) is 0.428. The van der Waals surface area contributed by atoms with Gasteiger partial charge >= 0.3 is 75.1 Å². The third-order valence-electron chi connectivity index (χ3n) is 0.756. The number of hydrogen-bond donors (Lipinski definition) is 0. The molecule has 1 aromatic carbocycles. The molecule has 0 aliphatic heterocycles. The second-order valence-electron chi connectivity index (χ2n) is 1.34. The molecule has 0 aliphatic rings. The van der Waals surface area contributed by atoms with Gasteiger partial charge in [-0.1, -0.05) is 0 Å². The summed E-state index contributed by atoms with van der Waals surface area (Å²) in [6, 6.07) is 10.3. The third-order valence-corrected chi connectivity index (χ3v) is 1.61. The van der Waals surface area contributed by atoms with E-state index < -0.39 is 0 Å². The molecule has 0 bridgehead atoms. The molecular weight excluding hydrogens is 207 g/mol. The molecule has 0 nitrogen and oxygen atoms in total. The molecule has 8 heavy (non-hydrogen) atoms. The van der Waals surface area contributed by atoms with Crippen molar-refractivity contribution in [2.24, 2.45) is 0 Å². The zero-order chi connectivity index (χ0) is 5.11. The van der Waals surface area contributed by atoms with Crippen molar-refractivity contribution in [3.05, 3.63) is 30.3 Å². The van der Waals surface area contributed by atoms with E-state index in [4.69, 9.17) is 0 Å². The first-order valence-corrected chi connectivity index (χ1v) is 3.41. The van der Waals surface area contributed by atoms with Gasteiger partial charge in [0.05, 0.1) is 0 Å². The maximum atomic E-state index is 2.11. The van der Waals surface area contributed by atoms with Crippen molar-refractivity contribution in [3.63, 3.8) is 0 Å². The molecule has 0 saturated heterocycles. The number of rotatable bonds is 0. The fourth-order valence-corrected chi connectivity index (χ4v) is 0.919. The van der Waals surface area contributed by atoms with Crippen LogP contribution in [0.2, 0.25) is 0 Å². The van der Waals surface area contributed by atoms with Crippen LogP contribution in [0.3, 0.4) is 0 Å². The van der Waals surface area contributed by atoms with Gasteiger partial charge < -0.3 is 0 Å². The van der Waals surface area contributed by atoms with Gasteiger partial charge in [0, 0.05) is 0 Å². The molecule has 1 aromatic rings. The molecule has 2 heteroatoms. The first-order valence-electron chi connectivity index (χ1n) is 2.13. The van der Waals surface area contributed by atoms with Gasteiger partial charge in [-0.05, 0) is 0 Å². The van der Waals surface area contributed by atoms with E-state index in [0.29, 0.717) is 0 Å². The molecule has 0 unspecified atom stereocenters. The topological polar surface area (TPSA) is 0 Å². The molecule has 0 atom stereocenters. The third kappa shape index (κ3) is 2.80. The average molecular weight is 214 g/mol. The quantitative estimate of drug-likeness (QED) is 0.513. The summed E-state index contributed by atoms with van der Waals surface area (Å²) >= 11 is 1.76. The fraction of sp³-hybridized carbons (Fsp3) is 0. The van der Waals surface area contributed by atoms with Crippen LogP contribution in [-0.2, 0) is 0 Å². The van der Waals surface area contributed by atoms with E-state index in [1.165, 1.54) is 3.61 Å². The molecule has 1 rings (SSSR count). The van der Waals surface area contributed by atoms with Crippen molar-refractivity contribution in [1.29, 1.82) is 0 Å². The molecule has 0 heterocycles. The van der Waals surface area contributed by atoms with Crippen LogP contribution in [0.4, 0.5) is 0 Å². The molecule has 0 spiro atoms. The Kier molecular flexibility index (Phi) is 4.82. The Morgan fingerprint density at radius 2 is 1.50 bits per heavy atom. The molecular formula is C6H7LiTe. The van der Waals surface area contributed by atoms with E-state index in [1.807, 2.05) is 18.2 Å². The van der Waals surface area contributed by atoms with E-state index in [0.717, 1.165) is 0 Å². The van der Waals surface area contributed by atoms with Crippen molar-refractivity contribution in [1.82, 2.24) is 0 Å². The van der Waals surface area contributed by atoms with Crippen molar-refractivity contribution in [3.8, 4) is 0 Å². The molecule has 0 radical (unpaired) electrons. The van der Waals surface area contributed by atoms with Crippen LogP contribution < -0.4 is 3.61 Å². The van der Waals surface area contributed by atoms with Crippen LogP contribution >= 0.6 is 0 Å². The molecule has 0 amide bonds. The van der Waals surface area contributed by atoms with Crippen LogP contribution in [0.25, 0.3) is 0 Å². The minimum atomic E-state index is 0. The monoisotopic (exact) mass is 216 g/mol. The van der Waals surface area contributed by atoms with Gasteiger partial charge in [0.1, 0.15) is 0 Å². The Balaban J connectivity index is 0.000000490. The van der Waals surface area contributed by atoms with E-state index in [2.05, 4.69) is 12.1 Å². The van der Waals surface area contributed by atoms with Gasteiger partial charge in [0.25, 0.3) is 0 Å². The predicted octanol–water partition coefficient (Wildman–Crippen LogP) is -0.436. The molecule has 0 aromatic heterocycles. The second kappa shape index (κ2) is 4.48. The van der Waals surface area contributed by atoms with Crippen molar-refractivity contribution >= 4 is 44.8 Å². The van der Waals surface area contributed by atoms with Crippen LogP contribution in [-0.4, -0.2) is 41.2 Å². The summed E-state index contributed by atoms with van der Waals surface area (Å²) in [5.41, 5.74) is 0. The Labute approximate surface area is 74.8 Å². The van der Waals surface area contributed by atoms with Crippen LogP contribution in [0.1, 0.15) is 0 Å². The van der Waals surface area contributed by atoms with Crippen LogP contribution in [0.15, 0.2) is 30.3 Å². The summed E-state index contributed by atoms with van der Waals surface area (Å²) in [6.45, 7) is 0. The molecule has 38 valence electrons. The van der Waals surface area contributed by atoms with Gasteiger partial charge in [0.15, 0.2) is 0 Å². The molecule has 0 saturated carbocycles. The SMILES string of the molecule is [LiH].[TeH]c1ccccc1. The Morgan fingerprint density at radius 1 is 1.00 bits per heavy atom. The number of hydrogen-bond acceptors (Lipinski definition) is 0. The summed E-state index contributed by atoms with van der Waals surface area (Å²) < 4.78 is 1.37. The molecule has 0 N–H and O–H groups in total. The summed E-state index contributed by atoms with van der Waals surface area (Å²) in [6.07, 6.45) is 0. The maximum absolute atomic E-state index is 2.11. The zero-order valence-electron chi connectivity index (χ0n) is 3.83. The molecule has 0 aliphatic carbocycles. The van der Waals surface area contributed by atoms with Gasteiger partial charge in [-0.25, -0.2) is 0 Å². The van der Waals surface area contributed by atoms with E-state index in [9.17, 15) is 0 Å². The minimum absolute atomic E-state index is 0. The average Bonchev–Trinajstić information content (AvgIpc) is 1.69. The number of benzene rings is 1. The van der Waals surface area contributed by atoms with Gasteiger partial charge in [-0.2, -0.15) is 0 Å². The summed E-state index contributed by atoms with van der Waals surface area (Å²) in [5.74, 6) is 0. The summed E-state index contributed by atoms with van der Waals surface area (Å²) in [5, 5.41) is 0. The van der Waals surface area contributed by atoms with Gasteiger partial charge in [0.2, 0.25) is 0 Å². The van der Waals surface area contributed by atoms with E-state index >= 15 is 0 Å². The standard InChI is InChI=1S/C6H6Te.Li.H/c7-6-4-2-1-3-5-6;;/h1-5,7H;;.